The zero-order valence-electron chi connectivity index (χ0n) is 10.0. The van der Waals surface area contributed by atoms with E-state index in [1.807, 2.05) is 13.8 Å². The van der Waals surface area contributed by atoms with Crippen LogP contribution in [-0.2, 0) is 4.74 Å². The molecule has 84 valence electrons. The molecule has 0 radical (unpaired) electrons. The lowest BCUT2D eigenvalue weighted by Crippen LogP contribution is -2.22. The highest BCUT2D eigenvalue weighted by Gasteiger charge is 2.03. The molecule has 0 bridgehead atoms. The molecule has 0 fully saturated rings. The number of aromatic nitrogens is 1. The molecule has 15 heavy (non-hydrogen) atoms. The summed E-state index contributed by atoms with van der Waals surface area (Å²) in [6.45, 7) is 9.65. The van der Waals surface area contributed by atoms with Crippen LogP contribution >= 0.6 is 0 Å². The van der Waals surface area contributed by atoms with Crippen LogP contribution in [0.5, 0.6) is 0 Å². The van der Waals surface area contributed by atoms with E-state index in [9.17, 15) is 0 Å². The van der Waals surface area contributed by atoms with E-state index in [0.29, 0.717) is 12.6 Å². The summed E-state index contributed by atoms with van der Waals surface area (Å²) in [7, 11) is 0. The molecule has 0 aliphatic rings. The predicted molar refractivity (Wildman–Crippen MR) is 63.3 cm³/mol. The molecule has 1 rings (SSSR count). The van der Waals surface area contributed by atoms with Crippen molar-refractivity contribution in [2.45, 2.75) is 33.7 Å². The van der Waals surface area contributed by atoms with Crippen LogP contribution in [0.15, 0.2) is 12.1 Å². The fourth-order valence-electron chi connectivity index (χ4n) is 1.50. The smallest absolute Gasteiger partial charge is 0.126 e. The summed E-state index contributed by atoms with van der Waals surface area (Å²) in [4.78, 5) is 4.42. The molecule has 0 spiro atoms. The van der Waals surface area contributed by atoms with Gasteiger partial charge in [0.25, 0.3) is 0 Å². The van der Waals surface area contributed by atoms with Crippen molar-refractivity contribution < 1.29 is 4.74 Å². The largest absolute Gasteiger partial charge is 0.380 e. The van der Waals surface area contributed by atoms with Crippen molar-refractivity contribution in [1.29, 1.82) is 0 Å². The number of hydrogen-bond donors (Lipinski definition) is 1. The van der Waals surface area contributed by atoms with Crippen molar-refractivity contribution in [3.63, 3.8) is 0 Å². The van der Waals surface area contributed by atoms with Gasteiger partial charge in [-0.05, 0) is 45.4 Å². The number of anilines is 1. The third-order valence-corrected chi connectivity index (χ3v) is 2.06. The normalized spacial score (nSPS) is 12.5. The number of nitrogens with zero attached hydrogens (tertiary/aromatic N) is 1. The van der Waals surface area contributed by atoms with Crippen molar-refractivity contribution >= 4 is 5.82 Å². The van der Waals surface area contributed by atoms with Crippen LogP contribution in [-0.4, -0.2) is 24.2 Å². The van der Waals surface area contributed by atoms with Gasteiger partial charge in [-0.1, -0.05) is 0 Å². The van der Waals surface area contributed by atoms with Crippen molar-refractivity contribution in [3.05, 3.63) is 23.4 Å². The highest BCUT2D eigenvalue weighted by atomic mass is 16.5. The molecule has 1 unspecified atom stereocenters. The first-order valence-electron chi connectivity index (χ1n) is 5.41. The summed E-state index contributed by atoms with van der Waals surface area (Å²) in [5.74, 6) is 0.930. The second-order valence-electron chi connectivity index (χ2n) is 3.88. The third kappa shape index (κ3) is 4.30. The fraction of sp³-hybridized carbons (Fsp3) is 0.583. The van der Waals surface area contributed by atoms with Gasteiger partial charge in [-0.15, -0.1) is 0 Å². The molecule has 1 N–H and O–H groups in total. The second-order valence-corrected chi connectivity index (χ2v) is 3.88. The lowest BCUT2D eigenvalue weighted by molar-refractivity contribution is 0.141. The molecule has 0 aliphatic carbocycles. The molecule has 0 saturated heterocycles. The van der Waals surface area contributed by atoms with Crippen LogP contribution < -0.4 is 5.32 Å². The maximum Gasteiger partial charge on any atom is 0.126 e. The van der Waals surface area contributed by atoms with Gasteiger partial charge in [-0.3, -0.25) is 0 Å². The maximum atomic E-state index is 5.34. The van der Waals surface area contributed by atoms with Crippen LogP contribution in [0.1, 0.15) is 25.1 Å². The van der Waals surface area contributed by atoms with Crippen LogP contribution in [0, 0.1) is 13.8 Å². The maximum absolute atomic E-state index is 5.34. The van der Waals surface area contributed by atoms with E-state index in [1.165, 1.54) is 5.56 Å². The number of nitrogens with one attached hydrogen (secondary N) is 1. The monoisotopic (exact) mass is 208 g/mol. The van der Waals surface area contributed by atoms with Crippen molar-refractivity contribution in [3.8, 4) is 0 Å². The quantitative estimate of drug-likeness (QED) is 0.807. The number of aryl methyl sites for hydroxylation is 2. The summed E-state index contributed by atoms with van der Waals surface area (Å²) in [5, 5.41) is 3.32. The Morgan fingerprint density at radius 1 is 1.40 bits per heavy atom. The first-order chi connectivity index (χ1) is 7.11. The molecule has 1 aromatic rings. The minimum atomic E-state index is 0.290. The summed E-state index contributed by atoms with van der Waals surface area (Å²) in [5.41, 5.74) is 2.27. The Morgan fingerprint density at radius 2 is 2.13 bits per heavy atom. The molecular formula is C12H20N2O. The Hall–Kier alpha value is -1.09. The molecular weight excluding hydrogens is 188 g/mol. The summed E-state index contributed by atoms with van der Waals surface area (Å²) >= 11 is 0. The average Bonchev–Trinajstić information content (AvgIpc) is 2.13. The summed E-state index contributed by atoms with van der Waals surface area (Å²) < 4.78 is 5.34. The number of pyridine rings is 1. The van der Waals surface area contributed by atoms with Crippen LogP contribution in [0.3, 0.4) is 0 Å². The molecule has 1 heterocycles. The average molecular weight is 208 g/mol. The zero-order chi connectivity index (χ0) is 11.3. The minimum Gasteiger partial charge on any atom is -0.380 e. The van der Waals surface area contributed by atoms with Crippen molar-refractivity contribution in [2.75, 3.05) is 18.5 Å². The van der Waals surface area contributed by atoms with Crippen molar-refractivity contribution in [1.82, 2.24) is 4.98 Å². The zero-order valence-corrected chi connectivity index (χ0v) is 10.0. The number of hydrogen-bond acceptors (Lipinski definition) is 3. The van der Waals surface area contributed by atoms with Gasteiger partial charge in [-0.25, -0.2) is 4.98 Å². The second kappa shape index (κ2) is 5.71. The lowest BCUT2D eigenvalue weighted by atomic mass is 10.2. The van der Waals surface area contributed by atoms with Crippen LogP contribution in [0.4, 0.5) is 5.82 Å². The van der Waals surface area contributed by atoms with Crippen LogP contribution in [0.25, 0.3) is 0 Å². The molecule has 1 aromatic heterocycles. The topological polar surface area (TPSA) is 34.1 Å². The lowest BCUT2D eigenvalue weighted by Gasteiger charge is -2.15. The van der Waals surface area contributed by atoms with Crippen molar-refractivity contribution in [2.24, 2.45) is 0 Å². The van der Waals surface area contributed by atoms with Gasteiger partial charge >= 0.3 is 0 Å². The van der Waals surface area contributed by atoms with E-state index >= 15 is 0 Å². The minimum absolute atomic E-state index is 0.290. The van der Waals surface area contributed by atoms with E-state index < -0.39 is 0 Å². The van der Waals surface area contributed by atoms with Gasteiger partial charge in [0.1, 0.15) is 5.82 Å². The molecule has 0 aliphatic heterocycles. The van der Waals surface area contributed by atoms with E-state index in [-0.39, 0.29) is 0 Å². The van der Waals surface area contributed by atoms with E-state index in [0.717, 1.165) is 18.1 Å². The highest BCUT2D eigenvalue weighted by molar-refractivity contribution is 5.39. The van der Waals surface area contributed by atoms with Crippen LogP contribution in [0.2, 0.25) is 0 Å². The van der Waals surface area contributed by atoms with Gasteiger partial charge in [-0.2, -0.15) is 0 Å². The molecule has 3 nitrogen and oxygen atoms in total. The Labute approximate surface area is 91.9 Å². The van der Waals surface area contributed by atoms with E-state index in [4.69, 9.17) is 4.74 Å². The molecule has 3 heteroatoms. The molecule has 0 aromatic carbocycles. The van der Waals surface area contributed by atoms with E-state index in [2.05, 4.69) is 36.3 Å². The molecule has 1 atom stereocenters. The Balaban J connectivity index is 2.56. The summed E-state index contributed by atoms with van der Waals surface area (Å²) in [6.07, 6.45) is 0. The van der Waals surface area contributed by atoms with Gasteiger partial charge in [0.2, 0.25) is 0 Å². The third-order valence-electron chi connectivity index (χ3n) is 2.06. The molecule has 0 amide bonds. The Bertz CT molecular complexity index is 292. The number of ether oxygens (including phenoxy) is 1. The van der Waals surface area contributed by atoms with Gasteiger partial charge in [0, 0.05) is 18.3 Å². The molecule has 0 saturated carbocycles. The van der Waals surface area contributed by atoms with Gasteiger partial charge in [0.15, 0.2) is 0 Å². The Morgan fingerprint density at radius 3 is 2.73 bits per heavy atom. The van der Waals surface area contributed by atoms with E-state index in [1.54, 1.807) is 0 Å². The van der Waals surface area contributed by atoms with Gasteiger partial charge in [0.05, 0.1) is 6.61 Å². The highest BCUT2D eigenvalue weighted by Crippen LogP contribution is 2.10. The number of rotatable bonds is 5. The fourth-order valence-corrected chi connectivity index (χ4v) is 1.50. The van der Waals surface area contributed by atoms with Gasteiger partial charge < -0.3 is 10.1 Å². The predicted octanol–water partition coefficient (Wildman–Crippen LogP) is 2.54. The first-order valence-corrected chi connectivity index (χ1v) is 5.41. The first kappa shape index (κ1) is 12.0. The summed E-state index contributed by atoms with van der Waals surface area (Å²) in [6, 6.07) is 4.41. The SMILES string of the molecule is CCOCC(C)Nc1cc(C)cc(C)n1. The Kier molecular flexibility index (Phi) is 4.56. The standard InChI is InChI=1S/C12H20N2O/c1-5-15-8-11(4)14-12-7-9(2)6-10(3)13-12/h6-7,11H,5,8H2,1-4H3,(H,13,14).